The maximum absolute atomic E-state index is 13.8. The fraction of sp³-hybridized carbons (Fsp3) is 0.429. The summed E-state index contributed by atoms with van der Waals surface area (Å²) >= 11 is 0. The number of aliphatic hydroxyl groups is 1. The van der Waals surface area contributed by atoms with E-state index in [2.05, 4.69) is 5.32 Å². The molecule has 0 aliphatic rings. The van der Waals surface area contributed by atoms with Crippen LogP contribution >= 0.6 is 0 Å². The van der Waals surface area contributed by atoms with Crippen LogP contribution in [0, 0.1) is 17.1 Å². The second-order valence-corrected chi connectivity index (χ2v) is 5.24. The quantitative estimate of drug-likeness (QED) is 0.891. The number of aliphatic hydroxyl groups excluding tert-OH is 1. The second-order valence-electron chi connectivity index (χ2n) is 5.24. The number of nitrogens with one attached hydrogen (secondary N) is 1. The van der Waals surface area contributed by atoms with Gasteiger partial charge in [0.15, 0.2) is 0 Å². The summed E-state index contributed by atoms with van der Waals surface area (Å²) in [6.07, 6.45) is -2.08. The third-order valence-electron chi connectivity index (χ3n) is 2.29. The van der Waals surface area contributed by atoms with Crippen molar-refractivity contribution in [2.45, 2.75) is 38.9 Å². The molecular formula is C14H17FN2O3. The molecule has 0 bridgehead atoms. The van der Waals surface area contributed by atoms with Crippen LogP contribution in [-0.2, 0) is 4.74 Å². The van der Waals surface area contributed by atoms with Crippen LogP contribution < -0.4 is 5.32 Å². The number of carbonyl (C=O) groups is 1. The fourth-order valence-electron chi connectivity index (χ4n) is 1.49. The highest BCUT2D eigenvalue weighted by molar-refractivity contribution is 5.84. The Morgan fingerprint density at radius 3 is 2.70 bits per heavy atom. The molecule has 0 aliphatic carbocycles. The molecule has 1 aromatic rings. The molecule has 6 heteroatoms. The fourth-order valence-corrected chi connectivity index (χ4v) is 1.49. The first-order valence-electron chi connectivity index (χ1n) is 6.07. The van der Waals surface area contributed by atoms with Crippen molar-refractivity contribution in [3.8, 4) is 6.07 Å². The molecule has 0 heterocycles. The van der Waals surface area contributed by atoms with Gasteiger partial charge in [-0.1, -0.05) is 6.07 Å². The number of benzene rings is 1. The molecule has 1 unspecified atom stereocenters. The normalized spacial score (nSPS) is 12.4. The molecule has 1 amide bonds. The van der Waals surface area contributed by atoms with Gasteiger partial charge in [-0.3, -0.25) is 5.32 Å². The number of hydrogen-bond acceptors (Lipinski definition) is 4. The van der Waals surface area contributed by atoms with Gasteiger partial charge in [0.1, 0.15) is 11.4 Å². The van der Waals surface area contributed by atoms with Gasteiger partial charge in [0.25, 0.3) is 0 Å². The molecule has 0 radical (unpaired) electrons. The van der Waals surface area contributed by atoms with E-state index in [0.717, 1.165) is 6.07 Å². The molecule has 20 heavy (non-hydrogen) atoms. The van der Waals surface area contributed by atoms with Crippen molar-refractivity contribution in [1.29, 1.82) is 5.26 Å². The van der Waals surface area contributed by atoms with Gasteiger partial charge in [0.05, 0.1) is 18.6 Å². The molecule has 0 fully saturated rings. The van der Waals surface area contributed by atoms with Crippen molar-refractivity contribution in [1.82, 2.24) is 0 Å². The molecule has 0 saturated heterocycles. The highest BCUT2D eigenvalue weighted by atomic mass is 19.1. The Morgan fingerprint density at radius 1 is 1.55 bits per heavy atom. The maximum atomic E-state index is 13.8. The number of carbonyl (C=O) groups excluding carboxylic acids is 1. The van der Waals surface area contributed by atoms with Crippen molar-refractivity contribution >= 4 is 11.8 Å². The predicted molar refractivity (Wildman–Crippen MR) is 71.4 cm³/mol. The number of hydrogen-bond donors (Lipinski definition) is 2. The van der Waals surface area contributed by atoms with Crippen LogP contribution in [0.3, 0.4) is 0 Å². The van der Waals surface area contributed by atoms with E-state index in [-0.39, 0.29) is 17.7 Å². The summed E-state index contributed by atoms with van der Waals surface area (Å²) < 4.78 is 18.8. The van der Waals surface area contributed by atoms with Gasteiger partial charge in [0, 0.05) is 11.3 Å². The number of amides is 1. The number of nitriles is 1. The molecule has 0 aliphatic heterocycles. The summed E-state index contributed by atoms with van der Waals surface area (Å²) in [5.74, 6) is -0.693. The van der Waals surface area contributed by atoms with Crippen molar-refractivity contribution in [3.63, 3.8) is 0 Å². The van der Waals surface area contributed by atoms with E-state index in [4.69, 9.17) is 10.00 Å². The smallest absolute Gasteiger partial charge is 0.412 e. The summed E-state index contributed by atoms with van der Waals surface area (Å²) in [6, 6.07) is 5.59. The van der Waals surface area contributed by atoms with Crippen LogP contribution in [0.2, 0.25) is 0 Å². The molecule has 1 atom stereocenters. The number of anilines is 1. The van der Waals surface area contributed by atoms with Crippen LogP contribution in [0.1, 0.15) is 38.9 Å². The zero-order valence-corrected chi connectivity index (χ0v) is 11.6. The summed E-state index contributed by atoms with van der Waals surface area (Å²) in [6.45, 7) is 5.15. The Labute approximate surface area is 117 Å². The average molecular weight is 280 g/mol. The summed E-state index contributed by atoms with van der Waals surface area (Å²) in [4.78, 5) is 11.5. The SMILES string of the molecule is CC(C)(C)OC(=O)Nc1ccc(C(O)CC#N)c(F)c1. The van der Waals surface area contributed by atoms with Crippen LogP contribution in [0.25, 0.3) is 0 Å². The third kappa shape index (κ3) is 4.86. The Balaban J connectivity index is 2.78. The second kappa shape index (κ2) is 6.35. The third-order valence-corrected chi connectivity index (χ3v) is 2.29. The molecule has 0 saturated carbocycles. The van der Waals surface area contributed by atoms with Crippen molar-refractivity contribution < 1.29 is 19.0 Å². The molecule has 1 aromatic carbocycles. The maximum Gasteiger partial charge on any atom is 0.412 e. The molecular weight excluding hydrogens is 263 g/mol. The summed E-state index contributed by atoms with van der Waals surface area (Å²) in [7, 11) is 0. The standard InChI is InChI=1S/C14H17FN2O3/c1-14(2,3)20-13(19)17-9-4-5-10(11(15)8-9)12(18)6-7-16/h4-5,8,12,18H,6H2,1-3H3,(H,17,19). The van der Waals surface area contributed by atoms with Crippen LogP contribution in [0.5, 0.6) is 0 Å². The number of rotatable bonds is 3. The highest BCUT2D eigenvalue weighted by Crippen LogP contribution is 2.23. The number of ether oxygens (including phenoxy) is 1. The van der Waals surface area contributed by atoms with E-state index in [1.54, 1.807) is 26.8 Å². The molecule has 0 spiro atoms. The van der Waals surface area contributed by atoms with E-state index >= 15 is 0 Å². The predicted octanol–water partition coefficient (Wildman–Crippen LogP) is 3.12. The van der Waals surface area contributed by atoms with E-state index in [1.807, 2.05) is 0 Å². The average Bonchev–Trinajstić information content (AvgIpc) is 2.26. The van der Waals surface area contributed by atoms with Crippen molar-refractivity contribution in [2.75, 3.05) is 5.32 Å². The van der Waals surface area contributed by atoms with Gasteiger partial charge in [-0.25, -0.2) is 9.18 Å². The van der Waals surface area contributed by atoms with Gasteiger partial charge in [-0.05, 0) is 32.9 Å². The zero-order valence-electron chi connectivity index (χ0n) is 11.6. The topological polar surface area (TPSA) is 82.3 Å². The Hall–Kier alpha value is -2.13. The van der Waals surface area contributed by atoms with Crippen LogP contribution in [0.4, 0.5) is 14.9 Å². The van der Waals surface area contributed by atoms with Crippen LogP contribution in [0.15, 0.2) is 18.2 Å². The monoisotopic (exact) mass is 280 g/mol. The van der Waals surface area contributed by atoms with E-state index < -0.39 is 23.6 Å². The number of nitrogens with zero attached hydrogens (tertiary/aromatic N) is 1. The zero-order chi connectivity index (χ0) is 15.3. The lowest BCUT2D eigenvalue weighted by molar-refractivity contribution is 0.0636. The molecule has 0 aromatic heterocycles. The first kappa shape index (κ1) is 15.9. The highest BCUT2D eigenvalue weighted by Gasteiger charge is 2.17. The largest absolute Gasteiger partial charge is 0.444 e. The van der Waals surface area contributed by atoms with Gasteiger partial charge >= 0.3 is 6.09 Å². The minimum Gasteiger partial charge on any atom is -0.444 e. The van der Waals surface area contributed by atoms with E-state index in [9.17, 15) is 14.3 Å². The van der Waals surface area contributed by atoms with E-state index in [0.29, 0.717) is 0 Å². The van der Waals surface area contributed by atoms with Crippen molar-refractivity contribution in [2.24, 2.45) is 0 Å². The first-order chi connectivity index (χ1) is 9.23. The van der Waals surface area contributed by atoms with Gasteiger partial charge in [-0.2, -0.15) is 5.26 Å². The Bertz CT molecular complexity index is 532. The lowest BCUT2D eigenvalue weighted by Gasteiger charge is -2.19. The van der Waals surface area contributed by atoms with Gasteiger partial charge in [-0.15, -0.1) is 0 Å². The van der Waals surface area contributed by atoms with Crippen LogP contribution in [-0.4, -0.2) is 16.8 Å². The minimum atomic E-state index is -1.18. The lowest BCUT2D eigenvalue weighted by Crippen LogP contribution is -2.27. The minimum absolute atomic E-state index is 0.0151. The van der Waals surface area contributed by atoms with Crippen molar-refractivity contribution in [3.05, 3.63) is 29.6 Å². The molecule has 108 valence electrons. The van der Waals surface area contributed by atoms with E-state index in [1.165, 1.54) is 12.1 Å². The van der Waals surface area contributed by atoms with Gasteiger partial charge in [0.2, 0.25) is 0 Å². The molecule has 1 rings (SSSR count). The Kier molecular flexibility index (Phi) is 5.06. The summed E-state index contributed by atoms with van der Waals surface area (Å²) in [5, 5.41) is 20.4. The summed E-state index contributed by atoms with van der Waals surface area (Å²) in [5.41, 5.74) is -0.420. The molecule has 2 N–H and O–H groups in total. The molecule has 5 nitrogen and oxygen atoms in total. The van der Waals surface area contributed by atoms with Gasteiger partial charge < -0.3 is 9.84 Å². The first-order valence-corrected chi connectivity index (χ1v) is 6.07. The lowest BCUT2D eigenvalue weighted by atomic mass is 10.1. The Morgan fingerprint density at radius 2 is 2.20 bits per heavy atom. The number of halogens is 1.